The molecule has 1 unspecified atom stereocenters. The lowest BCUT2D eigenvalue weighted by molar-refractivity contribution is 0.0672. The highest BCUT2D eigenvalue weighted by Crippen LogP contribution is 2.30. The van der Waals surface area contributed by atoms with E-state index in [0.717, 1.165) is 0 Å². The average Bonchev–Trinajstić information content (AvgIpc) is 2.84. The van der Waals surface area contributed by atoms with Crippen LogP contribution in [-0.4, -0.2) is 26.9 Å². The molecule has 1 heterocycles. The number of benzene rings is 3. The van der Waals surface area contributed by atoms with Gasteiger partial charge < -0.3 is 4.90 Å². The fraction of sp³-hybridized carbons (Fsp3) is 0.192. The van der Waals surface area contributed by atoms with Gasteiger partial charge in [0.2, 0.25) is 0 Å². The lowest BCUT2D eigenvalue weighted by atomic mass is 10.1. The van der Waals surface area contributed by atoms with Crippen molar-refractivity contribution in [3.05, 3.63) is 103 Å². The van der Waals surface area contributed by atoms with Crippen LogP contribution in [0.25, 0.3) is 16.6 Å². The maximum Gasteiger partial charge on any atom is 0.266 e. The summed E-state index contributed by atoms with van der Waals surface area (Å²) in [5.74, 6) is -0.597. The van der Waals surface area contributed by atoms with E-state index in [-0.39, 0.29) is 27.1 Å². The van der Waals surface area contributed by atoms with Crippen molar-refractivity contribution in [1.82, 2.24) is 14.5 Å². The average molecular weight is 533 g/mol. The van der Waals surface area contributed by atoms with Gasteiger partial charge in [-0.3, -0.25) is 14.2 Å². The Labute approximate surface area is 216 Å². The Bertz CT molecular complexity index is 1490. The molecular weight excluding hydrogens is 512 g/mol. The van der Waals surface area contributed by atoms with E-state index in [4.69, 9.17) is 39.8 Å². The van der Waals surface area contributed by atoms with Gasteiger partial charge in [0, 0.05) is 11.6 Å². The van der Waals surface area contributed by atoms with Crippen LogP contribution in [-0.2, 0) is 0 Å². The number of rotatable bonds is 6. The Hall–Kier alpha value is -2.93. The summed E-state index contributed by atoms with van der Waals surface area (Å²) in [7, 11) is 0. The lowest BCUT2D eigenvalue weighted by Gasteiger charge is -2.32. The van der Waals surface area contributed by atoms with E-state index < -0.39 is 11.9 Å². The number of para-hydroxylation sites is 1. The van der Waals surface area contributed by atoms with Gasteiger partial charge in [0.25, 0.3) is 11.5 Å². The van der Waals surface area contributed by atoms with Crippen molar-refractivity contribution in [3.63, 3.8) is 0 Å². The highest BCUT2D eigenvalue weighted by atomic mass is 35.5. The lowest BCUT2D eigenvalue weighted by Crippen LogP contribution is -2.38. The van der Waals surface area contributed by atoms with Crippen LogP contribution in [0.1, 0.15) is 42.5 Å². The molecule has 0 fully saturated rings. The third-order valence-corrected chi connectivity index (χ3v) is 6.62. The molecule has 1 atom stereocenters. The number of hydrogen-bond donors (Lipinski definition) is 0. The van der Waals surface area contributed by atoms with Gasteiger partial charge in [-0.25, -0.2) is 9.37 Å². The number of aromatic nitrogens is 2. The van der Waals surface area contributed by atoms with Crippen molar-refractivity contribution >= 4 is 51.6 Å². The predicted molar refractivity (Wildman–Crippen MR) is 139 cm³/mol. The molecule has 0 bridgehead atoms. The van der Waals surface area contributed by atoms with Crippen molar-refractivity contribution in [2.75, 3.05) is 6.54 Å². The molecule has 0 saturated heterocycles. The van der Waals surface area contributed by atoms with E-state index in [0.29, 0.717) is 40.4 Å². The largest absolute Gasteiger partial charge is 0.329 e. The first-order valence-corrected chi connectivity index (χ1v) is 12.1. The van der Waals surface area contributed by atoms with E-state index in [2.05, 4.69) is 0 Å². The second-order valence-corrected chi connectivity index (χ2v) is 9.12. The summed E-state index contributed by atoms with van der Waals surface area (Å²) in [5.41, 5.74) is 0.778. The van der Waals surface area contributed by atoms with Crippen molar-refractivity contribution < 1.29 is 9.18 Å². The normalized spacial score (nSPS) is 12.1. The molecule has 0 N–H and O–H groups in total. The van der Waals surface area contributed by atoms with E-state index in [1.54, 1.807) is 41.3 Å². The molecule has 9 heteroatoms. The van der Waals surface area contributed by atoms with Crippen LogP contribution in [0.3, 0.4) is 0 Å². The SMILES string of the molecule is CCC(c1nc2ccccc2c(=O)n1-c1ccc(F)c(Cl)c1)N(CC)C(=O)c1ccc(Cl)cc1Cl. The van der Waals surface area contributed by atoms with Gasteiger partial charge in [0.15, 0.2) is 0 Å². The molecule has 0 spiro atoms. The summed E-state index contributed by atoms with van der Waals surface area (Å²) in [6, 6.07) is 15.1. The molecule has 0 radical (unpaired) electrons. The van der Waals surface area contributed by atoms with Crippen molar-refractivity contribution in [2.24, 2.45) is 0 Å². The predicted octanol–water partition coefficient (Wildman–Crippen LogP) is 7.10. The van der Waals surface area contributed by atoms with Crippen LogP contribution in [0.2, 0.25) is 15.1 Å². The smallest absolute Gasteiger partial charge is 0.266 e. The third kappa shape index (κ3) is 4.79. The summed E-state index contributed by atoms with van der Waals surface area (Å²) in [6.07, 6.45) is 0.449. The van der Waals surface area contributed by atoms with Crippen LogP contribution < -0.4 is 5.56 Å². The van der Waals surface area contributed by atoms with Crippen LogP contribution in [0.15, 0.2) is 65.5 Å². The fourth-order valence-electron chi connectivity index (χ4n) is 4.11. The Kier molecular flexibility index (Phi) is 7.45. The highest BCUT2D eigenvalue weighted by molar-refractivity contribution is 6.36. The van der Waals surface area contributed by atoms with Gasteiger partial charge in [-0.2, -0.15) is 0 Å². The summed E-state index contributed by atoms with van der Waals surface area (Å²) < 4.78 is 15.3. The monoisotopic (exact) mass is 531 g/mol. The first kappa shape index (κ1) is 25.2. The van der Waals surface area contributed by atoms with E-state index in [9.17, 15) is 14.0 Å². The third-order valence-electron chi connectivity index (χ3n) is 5.79. The number of fused-ring (bicyclic) bond motifs is 1. The molecule has 35 heavy (non-hydrogen) atoms. The number of halogens is 4. The minimum absolute atomic E-state index is 0.127. The van der Waals surface area contributed by atoms with Gasteiger partial charge in [0.05, 0.1) is 38.2 Å². The van der Waals surface area contributed by atoms with E-state index in [1.807, 2.05) is 13.8 Å². The van der Waals surface area contributed by atoms with Gasteiger partial charge in [-0.05, 0) is 61.9 Å². The summed E-state index contributed by atoms with van der Waals surface area (Å²) in [6.45, 7) is 4.05. The zero-order valence-corrected chi connectivity index (χ0v) is 21.2. The molecule has 1 amide bonds. The maximum atomic E-state index is 13.9. The minimum Gasteiger partial charge on any atom is -0.329 e. The number of hydrogen-bond acceptors (Lipinski definition) is 3. The zero-order chi connectivity index (χ0) is 25.3. The molecule has 3 aromatic carbocycles. The second kappa shape index (κ2) is 10.4. The molecule has 4 rings (SSSR count). The minimum atomic E-state index is -0.603. The van der Waals surface area contributed by atoms with Gasteiger partial charge in [-0.15, -0.1) is 0 Å². The maximum absolute atomic E-state index is 13.9. The molecule has 5 nitrogen and oxygen atoms in total. The first-order valence-electron chi connectivity index (χ1n) is 11.0. The quantitative estimate of drug-likeness (QED) is 0.266. The van der Waals surface area contributed by atoms with E-state index >= 15 is 0 Å². The second-order valence-electron chi connectivity index (χ2n) is 7.87. The molecule has 1 aromatic heterocycles. The van der Waals surface area contributed by atoms with Crippen LogP contribution in [0.5, 0.6) is 0 Å². The molecule has 180 valence electrons. The molecule has 0 saturated carbocycles. The standard InChI is InChI=1S/C26H21Cl3FN3O2/c1-3-23(32(4-2)25(34)17-11-9-15(27)13-19(17)28)24-31-22-8-6-5-7-18(22)26(35)33(24)16-10-12-21(30)20(29)14-16/h5-14,23H,3-4H2,1-2H3. The number of nitrogens with zero attached hydrogens (tertiary/aromatic N) is 3. The van der Waals surface area contributed by atoms with Crippen LogP contribution in [0.4, 0.5) is 4.39 Å². The molecule has 4 aromatic rings. The number of carbonyl (C=O) groups excluding carboxylic acids is 1. The Morgan fingerprint density at radius 2 is 1.77 bits per heavy atom. The van der Waals surface area contributed by atoms with Crippen LogP contribution >= 0.6 is 34.8 Å². The number of carbonyl (C=O) groups is 1. The van der Waals surface area contributed by atoms with Crippen molar-refractivity contribution in [1.29, 1.82) is 0 Å². The molecule has 0 aliphatic carbocycles. The Morgan fingerprint density at radius 1 is 1.03 bits per heavy atom. The number of amides is 1. The zero-order valence-electron chi connectivity index (χ0n) is 18.9. The molecular formula is C26H21Cl3FN3O2. The van der Waals surface area contributed by atoms with Crippen LogP contribution in [0, 0.1) is 5.82 Å². The van der Waals surface area contributed by atoms with Crippen molar-refractivity contribution in [2.45, 2.75) is 26.3 Å². The van der Waals surface area contributed by atoms with E-state index in [1.165, 1.54) is 28.8 Å². The summed E-state index contributed by atoms with van der Waals surface area (Å²) in [5, 5.41) is 0.907. The van der Waals surface area contributed by atoms with Crippen molar-refractivity contribution in [3.8, 4) is 5.69 Å². The highest BCUT2D eigenvalue weighted by Gasteiger charge is 2.30. The Morgan fingerprint density at radius 3 is 2.43 bits per heavy atom. The van der Waals surface area contributed by atoms with Gasteiger partial charge in [-0.1, -0.05) is 53.9 Å². The Balaban J connectivity index is 1.95. The topological polar surface area (TPSA) is 55.2 Å². The molecule has 0 aliphatic heterocycles. The molecule has 0 aliphatic rings. The fourth-order valence-corrected chi connectivity index (χ4v) is 4.78. The summed E-state index contributed by atoms with van der Waals surface area (Å²) >= 11 is 18.4. The first-order chi connectivity index (χ1) is 16.8. The van der Waals surface area contributed by atoms with Gasteiger partial charge >= 0.3 is 0 Å². The summed E-state index contributed by atoms with van der Waals surface area (Å²) in [4.78, 5) is 33.6. The van der Waals surface area contributed by atoms with Gasteiger partial charge in [0.1, 0.15) is 11.6 Å².